The van der Waals surface area contributed by atoms with Crippen molar-refractivity contribution in [2.75, 3.05) is 0 Å². The summed E-state index contributed by atoms with van der Waals surface area (Å²) in [4.78, 5) is 5.76. The van der Waals surface area contributed by atoms with Crippen molar-refractivity contribution in [2.45, 2.75) is 20.4 Å². The van der Waals surface area contributed by atoms with Gasteiger partial charge >= 0.3 is 0 Å². The fourth-order valence-electron chi connectivity index (χ4n) is 1.52. The summed E-state index contributed by atoms with van der Waals surface area (Å²) in [5, 5.41) is 1.00. The van der Waals surface area contributed by atoms with Gasteiger partial charge in [-0.05, 0) is 13.8 Å². The minimum absolute atomic E-state index is 0.525. The van der Waals surface area contributed by atoms with Gasteiger partial charge in [0.2, 0.25) is 0 Å². The second-order valence-corrected chi connectivity index (χ2v) is 4.87. The Labute approximate surface area is 93.8 Å². The average molecular weight is 218 g/mol. The molecular weight excluding hydrogens is 204 g/mol. The van der Waals surface area contributed by atoms with Gasteiger partial charge in [0, 0.05) is 17.0 Å². The monoisotopic (exact) mass is 218 g/mol. The molecule has 0 saturated heterocycles. The molecule has 0 fully saturated rings. The van der Waals surface area contributed by atoms with Crippen molar-refractivity contribution in [1.82, 2.24) is 4.98 Å². The molecule has 0 aliphatic carbocycles. The number of thiazole rings is 1. The highest BCUT2D eigenvalue weighted by Gasteiger charge is 2.08. The van der Waals surface area contributed by atoms with E-state index in [0.29, 0.717) is 6.54 Å². The number of rotatable bonds is 2. The third-order valence-electron chi connectivity index (χ3n) is 2.34. The maximum atomic E-state index is 5.58. The Balaban J connectivity index is 2.44. The van der Waals surface area contributed by atoms with Gasteiger partial charge in [0.1, 0.15) is 5.01 Å². The average Bonchev–Trinajstić information content (AvgIpc) is 2.61. The zero-order chi connectivity index (χ0) is 10.8. The number of aromatic nitrogens is 1. The summed E-state index contributed by atoms with van der Waals surface area (Å²) in [6, 6.07) is 8.43. The molecule has 2 rings (SSSR count). The van der Waals surface area contributed by atoms with Crippen molar-refractivity contribution >= 4 is 11.3 Å². The lowest BCUT2D eigenvalue weighted by molar-refractivity contribution is 1.04. The molecule has 2 nitrogen and oxygen atoms in total. The lowest BCUT2D eigenvalue weighted by Gasteiger charge is -1.98. The van der Waals surface area contributed by atoms with Gasteiger partial charge in [0.05, 0.1) is 5.69 Å². The Morgan fingerprint density at radius 2 is 1.87 bits per heavy atom. The lowest BCUT2D eigenvalue weighted by atomic mass is 10.1. The van der Waals surface area contributed by atoms with Crippen LogP contribution < -0.4 is 5.73 Å². The number of nitrogens with two attached hydrogens (primary N) is 1. The Morgan fingerprint density at radius 1 is 1.20 bits per heavy atom. The van der Waals surface area contributed by atoms with Gasteiger partial charge in [-0.2, -0.15) is 0 Å². The minimum atomic E-state index is 0.525. The molecule has 1 aromatic heterocycles. The highest BCUT2D eigenvalue weighted by molar-refractivity contribution is 7.12. The number of hydrogen-bond donors (Lipinski definition) is 1. The molecule has 78 valence electrons. The largest absolute Gasteiger partial charge is 0.325 e. The molecule has 0 saturated carbocycles. The van der Waals surface area contributed by atoms with Gasteiger partial charge < -0.3 is 5.73 Å². The number of aryl methyl sites for hydroxylation is 2. The van der Waals surface area contributed by atoms with Crippen LogP contribution in [0.2, 0.25) is 0 Å². The van der Waals surface area contributed by atoms with Crippen LogP contribution in [0, 0.1) is 13.8 Å². The molecule has 3 heteroatoms. The molecule has 0 amide bonds. The van der Waals surface area contributed by atoms with Crippen LogP contribution in [0.1, 0.15) is 15.4 Å². The predicted molar refractivity (Wildman–Crippen MR) is 64.9 cm³/mol. The van der Waals surface area contributed by atoms with Crippen molar-refractivity contribution in [2.24, 2.45) is 5.73 Å². The summed E-state index contributed by atoms with van der Waals surface area (Å²) in [6.45, 7) is 4.70. The van der Waals surface area contributed by atoms with Crippen molar-refractivity contribution in [1.29, 1.82) is 0 Å². The quantitative estimate of drug-likeness (QED) is 0.841. The molecule has 0 aliphatic heterocycles. The first-order chi connectivity index (χ1) is 7.20. The van der Waals surface area contributed by atoms with Crippen molar-refractivity contribution in [3.63, 3.8) is 0 Å². The van der Waals surface area contributed by atoms with E-state index in [1.54, 1.807) is 11.3 Å². The Kier molecular flexibility index (Phi) is 2.84. The molecule has 15 heavy (non-hydrogen) atoms. The standard InChI is InChI=1S/C12H14N2S/c1-8-3-5-10(6-4-8)12-9(2)15-11(7-13)14-12/h3-6H,7,13H2,1-2H3. The van der Waals surface area contributed by atoms with Crippen LogP contribution >= 0.6 is 11.3 Å². The van der Waals surface area contributed by atoms with Gasteiger partial charge in [-0.3, -0.25) is 0 Å². The van der Waals surface area contributed by atoms with E-state index >= 15 is 0 Å². The van der Waals surface area contributed by atoms with E-state index in [2.05, 4.69) is 43.1 Å². The van der Waals surface area contributed by atoms with Crippen molar-refractivity contribution in [3.8, 4) is 11.3 Å². The van der Waals surface area contributed by atoms with Crippen molar-refractivity contribution < 1.29 is 0 Å². The molecular formula is C12H14N2S. The van der Waals surface area contributed by atoms with Crippen molar-refractivity contribution in [3.05, 3.63) is 39.7 Å². The number of nitrogens with zero attached hydrogens (tertiary/aromatic N) is 1. The van der Waals surface area contributed by atoms with E-state index in [9.17, 15) is 0 Å². The van der Waals surface area contributed by atoms with Crippen LogP contribution in [-0.2, 0) is 6.54 Å². The highest BCUT2D eigenvalue weighted by Crippen LogP contribution is 2.27. The smallest absolute Gasteiger partial charge is 0.107 e. The fourth-order valence-corrected chi connectivity index (χ4v) is 2.35. The number of hydrogen-bond acceptors (Lipinski definition) is 3. The minimum Gasteiger partial charge on any atom is -0.325 e. The molecule has 0 spiro atoms. The first kappa shape index (κ1) is 10.3. The summed E-state index contributed by atoms with van der Waals surface area (Å²) in [6.07, 6.45) is 0. The van der Waals surface area contributed by atoms with Gasteiger partial charge in [0.15, 0.2) is 0 Å². The maximum Gasteiger partial charge on any atom is 0.107 e. The van der Waals surface area contributed by atoms with E-state index in [4.69, 9.17) is 5.73 Å². The number of benzene rings is 1. The van der Waals surface area contributed by atoms with Gasteiger partial charge in [0.25, 0.3) is 0 Å². The molecule has 2 N–H and O–H groups in total. The van der Waals surface area contributed by atoms with Gasteiger partial charge in [-0.25, -0.2) is 4.98 Å². The summed E-state index contributed by atoms with van der Waals surface area (Å²) in [5.41, 5.74) is 9.10. The summed E-state index contributed by atoms with van der Waals surface area (Å²) in [5.74, 6) is 0. The third-order valence-corrected chi connectivity index (χ3v) is 3.33. The Morgan fingerprint density at radius 3 is 2.40 bits per heavy atom. The van der Waals surface area contributed by atoms with Crippen LogP contribution in [0.5, 0.6) is 0 Å². The fraction of sp³-hybridized carbons (Fsp3) is 0.250. The van der Waals surface area contributed by atoms with E-state index < -0.39 is 0 Å². The molecule has 0 aliphatic rings. The molecule has 0 radical (unpaired) electrons. The molecule has 1 aromatic carbocycles. The van der Waals surface area contributed by atoms with E-state index in [0.717, 1.165) is 10.7 Å². The normalized spacial score (nSPS) is 10.6. The van der Waals surface area contributed by atoms with Crippen LogP contribution in [0.15, 0.2) is 24.3 Å². The second-order valence-electron chi connectivity index (χ2n) is 3.58. The topological polar surface area (TPSA) is 38.9 Å². The summed E-state index contributed by atoms with van der Waals surface area (Å²) < 4.78 is 0. The van der Waals surface area contributed by atoms with Crippen LogP contribution in [-0.4, -0.2) is 4.98 Å². The second kappa shape index (κ2) is 4.13. The molecule has 0 unspecified atom stereocenters. The van der Waals surface area contributed by atoms with Crippen LogP contribution in [0.3, 0.4) is 0 Å². The zero-order valence-corrected chi connectivity index (χ0v) is 9.77. The predicted octanol–water partition coefficient (Wildman–Crippen LogP) is 2.89. The van der Waals surface area contributed by atoms with Gasteiger partial charge in [-0.1, -0.05) is 29.8 Å². The highest BCUT2D eigenvalue weighted by atomic mass is 32.1. The SMILES string of the molecule is Cc1ccc(-c2nc(CN)sc2C)cc1. The molecule has 2 aromatic rings. The van der Waals surface area contributed by atoms with E-state index in [1.807, 2.05) is 0 Å². The molecule has 0 bridgehead atoms. The maximum absolute atomic E-state index is 5.58. The van der Waals surface area contributed by atoms with E-state index in [1.165, 1.54) is 16.0 Å². The first-order valence-corrected chi connectivity index (χ1v) is 5.76. The first-order valence-electron chi connectivity index (χ1n) is 4.94. The van der Waals surface area contributed by atoms with E-state index in [-0.39, 0.29) is 0 Å². The Bertz CT molecular complexity index is 457. The summed E-state index contributed by atoms with van der Waals surface area (Å²) in [7, 11) is 0. The lowest BCUT2D eigenvalue weighted by Crippen LogP contribution is -1.94. The Hall–Kier alpha value is -1.19. The molecule has 1 heterocycles. The summed E-state index contributed by atoms with van der Waals surface area (Å²) >= 11 is 1.68. The molecule has 0 atom stereocenters. The van der Waals surface area contributed by atoms with Gasteiger partial charge in [-0.15, -0.1) is 11.3 Å². The zero-order valence-electron chi connectivity index (χ0n) is 8.95. The van der Waals surface area contributed by atoms with Crippen LogP contribution in [0.25, 0.3) is 11.3 Å². The third kappa shape index (κ3) is 2.08. The van der Waals surface area contributed by atoms with Crippen LogP contribution in [0.4, 0.5) is 0 Å².